The summed E-state index contributed by atoms with van der Waals surface area (Å²) in [6, 6.07) is 22.5. The maximum absolute atomic E-state index is 6.26. The number of imidazole rings is 1. The molecule has 0 amide bonds. The molecule has 3 heterocycles. The van der Waals surface area contributed by atoms with Crippen LogP contribution in [0.3, 0.4) is 0 Å². The molecule has 8 heteroatoms. The first-order valence-corrected chi connectivity index (χ1v) is 14.1. The molecule has 0 bridgehead atoms. The number of rotatable bonds is 10. The molecule has 0 saturated carbocycles. The molecule has 1 N–H and O–H groups in total. The number of likely N-dealkylation sites (tertiary alicyclic amines) is 1. The Morgan fingerprint density at radius 2 is 1.79 bits per heavy atom. The lowest BCUT2D eigenvalue weighted by atomic mass is 10.0. The van der Waals surface area contributed by atoms with Crippen LogP contribution in [0, 0.1) is 0 Å². The van der Waals surface area contributed by atoms with Gasteiger partial charge in [-0.3, -0.25) is 0 Å². The molecule has 38 heavy (non-hydrogen) atoms. The van der Waals surface area contributed by atoms with Crippen LogP contribution in [0.2, 0.25) is 0 Å². The Hall–Kier alpha value is -3.62. The molecule has 7 nitrogen and oxygen atoms in total. The lowest BCUT2D eigenvalue weighted by molar-refractivity contribution is 0.205. The SMILES string of the molecule is c1ccc2c(C(Sc3ncc[nH]3)c3nnc(-c4ccc(OCCCN5CCCCC5)cc4)o3)cccc2c1. The molecule has 5 aromatic rings. The minimum absolute atomic E-state index is 0.212. The van der Waals surface area contributed by atoms with E-state index in [0.717, 1.165) is 47.0 Å². The number of ether oxygens (including phenoxy) is 1. The average molecular weight is 526 g/mol. The van der Waals surface area contributed by atoms with Crippen molar-refractivity contribution in [2.24, 2.45) is 0 Å². The summed E-state index contributed by atoms with van der Waals surface area (Å²) in [4.78, 5) is 10.1. The number of thioether (sulfide) groups is 1. The minimum atomic E-state index is -0.212. The van der Waals surface area contributed by atoms with Crippen LogP contribution < -0.4 is 4.74 Å². The number of piperidine rings is 1. The van der Waals surface area contributed by atoms with Crippen molar-refractivity contribution >= 4 is 22.5 Å². The maximum atomic E-state index is 6.26. The molecule has 1 atom stereocenters. The summed E-state index contributed by atoms with van der Waals surface area (Å²) >= 11 is 1.56. The van der Waals surface area contributed by atoms with Gasteiger partial charge in [0.25, 0.3) is 0 Å². The molecule has 1 aliphatic heterocycles. The van der Waals surface area contributed by atoms with Crippen molar-refractivity contribution in [3.05, 3.63) is 90.6 Å². The van der Waals surface area contributed by atoms with Crippen LogP contribution in [0.4, 0.5) is 0 Å². The van der Waals surface area contributed by atoms with Crippen molar-refractivity contribution < 1.29 is 9.15 Å². The van der Waals surface area contributed by atoms with Gasteiger partial charge in [-0.15, -0.1) is 10.2 Å². The summed E-state index contributed by atoms with van der Waals surface area (Å²) in [6.45, 7) is 4.28. The van der Waals surface area contributed by atoms with Gasteiger partial charge in [0.15, 0.2) is 5.16 Å². The van der Waals surface area contributed by atoms with Gasteiger partial charge in [0.05, 0.1) is 6.61 Å². The van der Waals surface area contributed by atoms with Crippen LogP contribution in [0.25, 0.3) is 22.2 Å². The number of fused-ring (bicyclic) bond motifs is 1. The van der Waals surface area contributed by atoms with Crippen LogP contribution in [0.1, 0.15) is 42.4 Å². The summed E-state index contributed by atoms with van der Waals surface area (Å²) in [5.41, 5.74) is 1.97. The summed E-state index contributed by atoms with van der Waals surface area (Å²) in [6.07, 6.45) is 8.62. The Morgan fingerprint density at radius 3 is 2.63 bits per heavy atom. The van der Waals surface area contributed by atoms with E-state index in [0.29, 0.717) is 11.8 Å². The molecule has 0 spiro atoms. The van der Waals surface area contributed by atoms with E-state index in [9.17, 15) is 0 Å². The van der Waals surface area contributed by atoms with Gasteiger partial charge in [-0.2, -0.15) is 0 Å². The second-order valence-electron chi connectivity index (χ2n) is 9.53. The topological polar surface area (TPSA) is 80.1 Å². The van der Waals surface area contributed by atoms with Crippen molar-refractivity contribution in [1.82, 2.24) is 25.1 Å². The first kappa shape index (κ1) is 24.7. The highest BCUT2D eigenvalue weighted by Gasteiger charge is 2.25. The molecular weight excluding hydrogens is 494 g/mol. The van der Waals surface area contributed by atoms with Gasteiger partial charge in [-0.05, 0) is 73.0 Å². The maximum Gasteiger partial charge on any atom is 0.247 e. The third kappa shape index (κ3) is 5.76. The fourth-order valence-corrected chi connectivity index (χ4v) is 5.97. The Labute approximate surface area is 226 Å². The number of aromatic amines is 1. The normalized spacial score (nSPS) is 15.1. The quantitative estimate of drug-likeness (QED) is 0.160. The van der Waals surface area contributed by atoms with E-state index in [1.54, 1.807) is 18.0 Å². The second-order valence-corrected chi connectivity index (χ2v) is 10.6. The average Bonchev–Trinajstić information content (AvgIpc) is 3.68. The van der Waals surface area contributed by atoms with Crippen molar-refractivity contribution in [3.63, 3.8) is 0 Å². The van der Waals surface area contributed by atoms with Gasteiger partial charge in [0.1, 0.15) is 11.0 Å². The Bertz CT molecular complexity index is 1440. The van der Waals surface area contributed by atoms with Gasteiger partial charge < -0.3 is 19.0 Å². The summed E-state index contributed by atoms with van der Waals surface area (Å²) in [5, 5.41) is 11.8. The van der Waals surface area contributed by atoms with Gasteiger partial charge in [-0.25, -0.2) is 4.98 Å². The fourth-order valence-electron chi connectivity index (χ4n) is 4.96. The predicted octanol–water partition coefficient (Wildman–Crippen LogP) is 6.75. The smallest absolute Gasteiger partial charge is 0.247 e. The number of H-pyrrole nitrogens is 1. The predicted molar refractivity (Wildman–Crippen MR) is 150 cm³/mol. The van der Waals surface area contributed by atoms with E-state index in [-0.39, 0.29) is 5.25 Å². The lowest BCUT2D eigenvalue weighted by Gasteiger charge is -2.26. The van der Waals surface area contributed by atoms with Crippen molar-refractivity contribution in [2.75, 3.05) is 26.2 Å². The molecule has 1 saturated heterocycles. The monoisotopic (exact) mass is 525 g/mol. The number of benzene rings is 3. The highest BCUT2D eigenvalue weighted by molar-refractivity contribution is 7.99. The molecule has 1 unspecified atom stereocenters. The zero-order chi connectivity index (χ0) is 25.6. The third-order valence-electron chi connectivity index (χ3n) is 6.91. The second kappa shape index (κ2) is 11.8. The van der Waals surface area contributed by atoms with Crippen molar-refractivity contribution in [2.45, 2.75) is 36.1 Å². The van der Waals surface area contributed by atoms with Gasteiger partial charge in [0.2, 0.25) is 11.8 Å². The van der Waals surface area contributed by atoms with Crippen molar-refractivity contribution in [1.29, 1.82) is 0 Å². The zero-order valence-electron chi connectivity index (χ0n) is 21.3. The molecule has 3 aromatic carbocycles. The Kier molecular flexibility index (Phi) is 7.69. The van der Waals surface area contributed by atoms with E-state index in [1.165, 1.54) is 37.7 Å². The van der Waals surface area contributed by atoms with E-state index >= 15 is 0 Å². The summed E-state index contributed by atoms with van der Waals surface area (Å²) in [7, 11) is 0. The largest absolute Gasteiger partial charge is 0.494 e. The molecule has 2 aromatic heterocycles. The van der Waals surface area contributed by atoms with Crippen LogP contribution >= 0.6 is 11.8 Å². The van der Waals surface area contributed by atoms with Crippen LogP contribution in [0.5, 0.6) is 5.75 Å². The number of hydrogen-bond acceptors (Lipinski definition) is 7. The highest BCUT2D eigenvalue weighted by atomic mass is 32.2. The van der Waals surface area contributed by atoms with Gasteiger partial charge >= 0.3 is 0 Å². The van der Waals surface area contributed by atoms with E-state index in [1.807, 2.05) is 36.5 Å². The Balaban J connectivity index is 1.17. The third-order valence-corrected chi connectivity index (χ3v) is 8.05. The standard InChI is InChI=1S/C30H31N5O2S/c1-4-18-35(19-5-1)20-7-21-36-24-14-12-23(13-15-24)28-33-34-29(37-28)27(38-30-31-16-17-32-30)26-11-6-9-22-8-2-3-10-25(22)26/h2-3,6,8-17,27H,1,4-5,7,18-21H2,(H,31,32). The van der Waals surface area contributed by atoms with Crippen LogP contribution in [-0.2, 0) is 0 Å². The number of hydrogen-bond donors (Lipinski definition) is 1. The first-order valence-electron chi connectivity index (χ1n) is 13.3. The van der Waals surface area contributed by atoms with Crippen LogP contribution in [-0.4, -0.2) is 51.3 Å². The first-order chi connectivity index (χ1) is 18.8. The summed E-state index contributed by atoms with van der Waals surface area (Å²) in [5.74, 6) is 1.88. The Morgan fingerprint density at radius 1 is 0.947 bits per heavy atom. The molecular formula is C30H31N5O2S. The van der Waals surface area contributed by atoms with E-state index in [4.69, 9.17) is 9.15 Å². The molecule has 1 aliphatic rings. The minimum Gasteiger partial charge on any atom is -0.494 e. The molecule has 1 fully saturated rings. The molecule has 194 valence electrons. The van der Waals surface area contributed by atoms with E-state index < -0.39 is 0 Å². The number of aromatic nitrogens is 4. The van der Waals surface area contributed by atoms with Gasteiger partial charge in [0, 0.05) is 24.5 Å². The fraction of sp³-hybridized carbons (Fsp3) is 0.300. The molecule has 6 rings (SSSR count). The number of nitrogens with zero attached hydrogens (tertiary/aromatic N) is 4. The number of nitrogens with one attached hydrogen (secondary N) is 1. The summed E-state index contributed by atoms with van der Waals surface area (Å²) < 4.78 is 12.2. The van der Waals surface area contributed by atoms with Crippen molar-refractivity contribution in [3.8, 4) is 17.2 Å². The van der Waals surface area contributed by atoms with E-state index in [2.05, 4.69) is 61.5 Å². The molecule has 0 aliphatic carbocycles. The van der Waals surface area contributed by atoms with Gasteiger partial charge in [-0.1, -0.05) is 60.6 Å². The van der Waals surface area contributed by atoms with Crippen LogP contribution in [0.15, 0.2) is 88.7 Å². The zero-order valence-corrected chi connectivity index (χ0v) is 22.1. The molecule has 0 radical (unpaired) electrons. The lowest BCUT2D eigenvalue weighted by Crippen LogP contribution is -2.31. The highest BCUT2D eigenvalue weighted by Crippen LogP contribution is 2.42.